The van der Waals surface area contributed by atoms with Gasteiger partial charge in [-0.3, -0.25) is 9.59 Å². The van der Waals surface area contributed by atoms with E-state index in [0.717, 1.165) is 5.56 Å². The Morgan fingerprint density at radius 1 is 1.00 bits per heavy atom. The predicted octanol–water partition coefficient (Wildman–Crippen LogP) is 4.83. The van der Waals surface area contributed by atoms with E-state index in [9.17, 15) is 9.59 Å². The number of amides is 2. The van der Waals surface area contributed by atoms with Crippen molar-refractivity contribution >= 4 is 39.6 Å². The Bertz CT molecular complexity index is 1190. The van der Waals surface area contributed by atoms with Crippen molar-refractivity contribution in [1.29, 1.82) is 0 Å². The third kappa shape index (κ3) is 7.58. The maximum atomic E-state index is 12.1. The van der Waals surface area contributed by atoms with Gasteiger partial charge >= 0.3 is 11.8 Å². The van der Waals surface area contributed by atoms with Crippen molar-refractivity contribution in [2.75, 3.05) is 19.0 Å². The number of ether oxygens (including phenoxy) is 3. The van der Waals surface area contributed by atoms with E-state index in [1.54, 1.807) is 36.4 Å². The summed E-state index contributed by atoms with van der Waals surface area (Å²) in [5, 5.41) is 6.37. The molecule has 2 N–H and O–H groups in total. The SMILES string of the molecule is CCOc1ccc(NC(=O)C(=O)N/N=C/c2cc(Br)c(OCc3ccc(C)cc3)c(OC)c2)cc1. The Hall–Kier alpha value is -3.85. The number of hydrogen-bond donors (Lipinski definition) is 2. The molecule has 0 atom stereocenters. The van der Waals surface area contributed by atoms with E-state index in [1.807, 2.05) is 38.1 Å². The Morgan fingerprint density at radius 3 is 2.37 bits per heavy atom. The molecule has 35 heavy (non-hydrogen) atoms. The summed E-state index contributed by atoms with van der Waals surface area (Å²) in [6, 6.07) is 18.2. The van der Waals surface area contributed by atoms with Crippen LogP contribution in [0.4, 0.5) is 5.69 Å². The van der Waals surface area contributed by atoms with Crippen LogP contribution in [0.15, 0.2) is 70.2 Å². The highest BCUT2D eigenvalue weighted by molar-refractivity contribution is 9.10. The number of benzene rings is 3. The molecule has 0 aromatic heterocycles. The lowest BCUT2D eigenvalue weighted by Crippen LogP contribution is -2.32. The molecule has 0 aliphatic rings. The molecular formula is C26H26BrN3O5. The minimum absolute atomic E-state index is 0.377. The minimum atomic E-state index is -0.904. The Balaban J connectivity index is 1.58. The molecule has 3 aromatic carbocycles. The number of aryl methyl sites for hydroxylation is 1. The van der Waals surface area contributed by atoms with Crippen molar-refractivity contribution < 1.29 is 23.8 Å². The molecule has 0 saturated heterocycles. The third-order valence-corrected chi connectivity index (χ3v) is 5.35. The summed E-state index contributed by atoms with van der Waals surface area (Å²) < 4.78 is 17.4. The quantitative estimate of drug-likeness (QED) is 0.230. The normalized spacial score (nSPS) is 10.6. The van der Waals surface area contributed by atoms with Gasteiger partial charge in [-0.15, -0.1) is 0 Å². The van der Waals surface area contributed by atoms with Crippen LogP contribution in [0.1, 0.15) is 23.6 Å². The third-order valence-electron chi connectivity index (χ3n) is 4.76. The molecular weight excluding hydrogens is 514 g/mol. The van der Waals surface area contributed by atoms with Gasteiger partial charge in [-0.25, -0.2) is 5.43 Å². The van der Waals surface area contributed by atoms with Crippen LogP contribution >= 0.6 is 15.9 Å². The van der Waals surface area contributed by atoms with Crippen LogP contribution < -0.4 is 25.0 Å². The number of hydrogen-bond acceptors (Lipinski definition) is 6. The number of carbonyl (C=O) groups is 2. The summed E-state index contributed by atoms with van der Waals surface area (Å²) in [5.41, 5.74) is 5.51. The van der Waals surface area contributed by atoms with Gasteiger partial charge in [0.1, 0.15) is 12.4 Å². The lowest BCUT2D eigenvalue weighted by Gasteiger charge is -2.13. The van der Waals surface area contributed by atoms with Crippen LogP contribution in [0.2, 0.25) is 0 Å². The largest absolute Gasteiger partial charge is 0.494 e. The summed E-state index contributed by atoms with van der Waals surface area (Å²) in [5.74, 6) is -0.0339. The molecule has 0 aliphatic heterocycles. The molecule has 9 heteroatoms. The number of methoxy groups -OCH3 is 1. The van der Waals surface area contributed by atoms with Crippen molar-refractivity contribution in [3.8, 4) is 17.2 Å². The highest BCUT2D eigenvalue weighted by Gasteiger charge is 2.14. The molecule has 0 saturated carbocycles. The van der Waals surface area contributed by atoms with Gasteiger partial charge < -0.3 is 19.5 Å². The average molecular weight is 540 g/mol. The van der Waals surface area contributed by atoms with Gasteiger partial charge in [-0.2, -0.15) is 5.10 Å². The molecule has 2 amide bonds. The van der Waals surface area contributed by atoms with Crippen LogP contribution in [0.5, 0.6) is 17.2 Å². The van der Waals surface area contributed by atoms with Gasteiger partial charge in [0.25, 0.3) is 0 Å². The van der Waals surface area contributed by atoms with E-state index in [0.29, 0.717) is 46.2 Å². The van der Waals surface area contributed by atoms with E-state index < -0.39 is 11.8 Å². The number of halogens is 1. The lowest BCUT2D eigenvalue weighted by atomic mass is 10.2. The van der Waals surface area contributed by atoms with Crippen LogP contribution in [-0.4, -0.2) is 31.7 Å². The standard InChI is InChI=1S/C26H26BrN3O5/c1-4-34-21-11-9-20(10-12-21)29-25(31)26(32)30-28-15-19-13-22(27)24(23(14-19)33-3)35-16-18-7-5-17(2)6-8-18/h5-15H,4,16H2,1-3H3,(H,29,31)(H,30,32)/b28-15+. The first-order chi connectivity index (χ1) is 16.9. The average Bonchev–Trinajstić information content (AvgIpc) is 2.85. The van der Waals surface area contributed by atoms with Crippen molar-refractivity contribution in [2.24, 2.45) is 5.10 Å². The minimum Gasteiger partial charge on any atom is -0.494 e. The zero-order valence-electron chi connectivity index (χ0n) is 19.6. The topological polar surface area (TPSA) is 98.2 Å². The van der Waals surface area contributed by atoms with Crippen molar-refractivity contribution in [1.82, 2.24) is 5.43 Å². The van der Waals surface area contributed by atoms with Gasteiger partial charge in [0.15, 0.2) is 11.5 Å². The highest BCUT2D eigenvalue weighted by atomic mass is 79.9. The molecule has 3 rings (SSSR count). The van der Waals surface area contributed by atoms with Gasteiger partial charge in [0, 0.05) is 5.69 Å². The summed E-state index contributed by atoms with van der Waals surface area (Å²) in [4.78, 5) is 24.2. The second kappa shape index (κ2) is 12.6. The molecule has 182 valence electrons. The number of anilines is 1. The molecule has 0 bridgehead atoms. The molecule has 0 unspecified atom stereocenters. The van der Waals surface area contributed by atoms with Crippen molar-refractivity contribution in [2.45, 2.75) is 20.5 Å². The fourth-order valence-corrected chi connectivity index (χ4v) is 3.57. The van der Waals surface area contributed by atoms with Crippen LogP contribution in [0, 0.1) is 6.92 Å². The monoisotopic (exact) mass is 539 g/mol. The zero-order valence-corrected chi connectivity index (χ0v) is 21.2. The molecule has 0 aliphatic carbocycles. The molecule has 3 aromatic rings. The first kappa shape index (κ1) is 25.8. The van der Waals surface area contributed by atoms with E-state index >= 15 is 0 Å². The van der Waals surface area contributed by atoms with Crippen LogP contribution in [0.25, 0.3) is 0 Å². The first-order valence-corrected chi connectivity index (χ1v) is 11.6. The predicted molar refractivity (Wildman–Crippen MR) is 138 cm³/mol. The summed E-state index contributed by atoms with van der Waals surface area (Å²) in [6.07, 6.45) is 1.40. The van der Waals surface area contributed by atoms with Gasteiger partial charge in [0.2, 0.25) is 0 Å². The van der Waals surface area contributed by atoms with Crippen molar-refractivity contribution in [3.05, 3.63) is 81.8 Å². The second-order valence-electron chi connectivity index (χ2n) is 7.42. The molecule has 0 heterocycles. The van der Waals surface area contributed by atoms with Crippen LogP contribution in [-0.2, 0) is 16.2 Å². The molecule has 0 radical (unpaired) electrons. The van der Waals surface area contributed by atoms with Crippen molar-refractivity contribution in [3.63, 3.8) is 0 Å². The Kier molecular flexibility index (Phi) is 9.25. The number of rotatable bonds is 9. The summed E-state index contributed by atoms with van der Waals surface area (Å²) in [7, 11) is 1.54. The summed E-state index contributed by atoms with van der Waals surface area (Å²) >= 11 is 3.49. The molecule has 8 nitrogen and oxygen atoms in total. The number of nitrogens with one attached hydrogen (secondary N) is 2. The first-order valence-electron chi connectivity index (χ1n) is 10.8. The second-order valence-corrected chi connectivity index (χ2v) is 8.27. The Morgan fingerprint density at radius 2 is 1.71 bits per heavy atom. The van der Waals surface area contributed by atoms with Gasteiger partial charge in [-0.05, 0) is 77.3 Å². The smallest absolute Gasteiger partial charge is 0.329 e. The molecule has 0 fully saturated rings. The lowest BCUT2D eigenvalue weighted by molar-refractivity contribution is -0.136. The zero-order chi connectivity index (χ0) is 25.2. The van der Waals surface area contributed by atoms with E-state index in [1.165, 1.54) is 18.9 Å². The maximum absolute atomic E-state index is 12.1. The summed E-state index contributed by atoms with van der Waals surface area (Å²) in [6.45, 7) is 4.82. The number of carbonyl (C=O) groups excluding carboxylic acids is 2. The number of nitrogens with zero attached hydrogens (tertiary/aromatic N) is 1. The fourth-order valence-electron chi connectivity index (χ4n) is 3.00. The van der Waals surface area contributed by atoms with E-state index in [2.05, 4.69) is 31.8 Å². The Labute approximate surface area is 212 Å². The van der Waals surface area contributed by atoms with Gasteiger partial charge in [0.05, 0.1) is 24.4 Å². The highest BCUT2D eigenvalue weighted by Crippen LogP contribution is 2.36. The maximum Gasteiger partial charge on any atom is 0.329 e. The molecule has 0 spiro atoms. The number of hydrazone groups is 1. The van der Waals surface area contributed by atoms with Gasteiger partial charge in [-0.1, -0.05) is 29.8 Å². The van der Waals surface area contributed by atoms with Crippen LogP contribution in [0.3, 0.4) is 0 Å². The van der Waals surface area contributed by atoms with E-state index in [-0.39, 0.29) is 0 Å². The van der Waals surface area contributed by atoms with E-state index in [4.69, 9.17) is 14.2 Å². The fraction of sp³-hybridized carbons (Fsp3) is 0.192.